The van der Waals surface area contributed by atoms with E-state index in [0.29, 0.717) is 5.69 Å². The van der Waals surface area contributed by atoms with Crippen molar-refractivity contribution in [1.82, 2.24) is 4.72 Å². The molecule has 0 amide bonds. The second-order valence-electron chi connectivity index (χ2n) is 4.50. The number of aryl methyl sites for hydroxylation is 1. The summed E-state index contributed by atoms with van der Waals surface area (Å²) in [6.45, 7) is 2.29. The average molecular weight is 274 g/mol. The van der Waals surface area contributed by atoms with Gasteiger partial charge in [-0.1, -0.05) is 6.07 Å². The van der Waals surface area contributed by atoms with E-state index in [0.717, 1.165) is 5.56 Å². The summed E-state index contributed by atoms with van der Waals surface area (Å²) in [7, 11) is -3.74. The number of nitrogen functional groups attached to an aromatic ring is 1. The van der Waals surface area contributed by atoms with E-state index in [-0.39, 0.29) is 11.4 Å². The first-order valence-corrected chi connectivity index (χ1v) is 6.85. The van der Waals surface area contributed by atoms with Gasteiger partial charge in [0.25, 0.3) is 0 Å². The molecule has 5 N–H and O–H groups in total. The first-order chi connectivity index (χ1) is 8.18. The van der Waals surface area contributed by atoms with Crippen LogP contribution in [0.1, 0.15) is 12.5 Å². The lowest BCUT2D eigenvalue weighted by atomic mass is 10.1. The minimum Gasteiger partial charge on any atom is -0.398 e. The van der Waals surface area contributed by atoms with Gasteiger partial charge in [-0.25, -0.2) is 13.1 Å². The van der Waals surface area contributed by atoms with Gasteiger partial charge in [0.15, 0.2) is 0 Å². The number of anilines is 1. The van der Waals surface area contributed by atoms with Crippen LogP contribution in [0.4, 0.5) is 5.69 Å². The van der Waals surface area contributed by atoms with Crippen LogP contribution in [0.25, 0.3) is 0 Å². The molecule has 1 aromatic carbocycles. The highest BCUT2D eigenvalue weighted by molar-refractivity contribution is 7.89. The van der Waals surface area contributed by atoms with Gasteiger partial charge in [0.1, 0.15) is 0 Å². The number of aliphatic hydroxyl groups is 2. The smallest absolute Gasteiger partial charge is 0.240 e. The third kappa shape index (κ3) is 3.67. The van der Waals surface area contributed by atoms with Crippen molar-refractivity contribution in [2.45, 2.75) is 24.3 Å². The van der Waals surface area contributed by atoms with Crippen molar-refractivity contribution in [2.24, 2.45) is 0 Å². The van der Waals surface area contributed by atoms with Gasteiger partial charge < -0.3 is 15.9 Å². The minimum atomic E-state index is -3.74. The molecule has 0 spiro atoms. The Hall–Kier alpha value is -1.15. The maximum absolute atomic E-state index is 11.9. The Bertz CT molecular complexity index is 526. The zero-order valence-corrected chi connectivity index (χ0v) is 11.2. The molecule has 0 heterocycles. The van der Waals surface area contributed by atoms with Crippen molar-refractivity contribution in [3.8, 4) is 0 Å². The van der Waals surface area contributed by atoms with Gasteiger partial charge in [0.05, 0.1) is 17.1 Å². The number of sulfonamides is 1. The van der Waals surface area contributed by atoms with E-state index >= 15 is 0 Å². The summed E-state index contributed by atoms with van der Waals surface area (Å²) in [6, 6.07) is 4.39. The van der Waals surface area contributed by atoms with Crippen LogP contribution in [0, 0.1) is 6.92 Å². The Labute approximate surface area is 106 Å². The Morgan fingerprint density at radius 2 is 2.06 bits per heavy atom. The number of aliphatic hydroxyl groups excluding tert-OH is 1. The van der Waals surface area contributed by atoms with Gasteiger partial charge in [-0.05, 0) is 31.5 Å². The quantitative estimate of drug-likeness (QED) is 0.546. The van der Waals surface area contributed by atoms with Gasteiger partial charge >= 0.3 is 0 Å². The molecule has 0 saturated carbocycles. The van der Waals surface area contributed by atoms with Crippen molar-refractivity contribution < 1.29 is 18.6 Å². The van der Waals surface area contributed by atoms with Crippen LogP contribution >= 0.6 is 0 Å². The third-order valence-corrected chi connectivity index (χ3v) is 3.94. The Morgan fingerprint density at radius 1 is 1.44 bits per heavy atom. The molecule has 0 radical (unpaired) electrons. The second kappa shape index (κ2) is 5.23. The topological polar surface area (TPSA) is 113 Å². The maximum atomic E-state index is 11.9. The number of nitrogens with two attached hydrogens (primary N) is 1. The highest BCUT2D eigenvalue weighted by atomic mass is 32.2. The molecule has 1 unspecified atom stereocenters. The Kier molecular flexibility index (Phi) is 4.33. The molecular formula is C11H18N2O4S. The van der Waals surface area contributed by atoms with Gasteiger partial charge in [-0.3, -0.25) is 0 Å². The Morgan fingerprint density at radius 3 is 2.56 bits per heavy atom. The molecule has 7 heteroatoms. The number of nitrogens with one attached hydrogen (secondary N) is 1. The molecule has 0 aromatic heterocycles. The average Bonchev–Trinajstić information content (AvgIpc) is 2.30. The van der Waals surface area contributed by atoms with Crippen LogP contribution < -0.4 is 10.5 Å². The molecule has 1 aromatic rings. The predicted molar refractivity (Wildman–Crippen MR) is 68.5 cm³/mol. The summed E-state index contributed by atoms with van der Waals surface area (Å²) in [6.07, 6.45) is 0. The normalized spacial score (nSPS) is 15.3. The molecule has 0 bridgehead atoms. The van der Waals surface area contributed by atoms with E-state index in [4.69, 9.17) is 10.8 Å². The van der Waals surface area contributed by atoms with E-state index in [9.17, 15) is 13.5 Å². The predicted octanol–water partition coefficient (Wildman–Crippen LogP) is -0.401. The molecule has 102 valence electrons. The highest BCUT2D eigenvalue weighted by Gasteiger charge is 2.23. The van der Waals surface area contributed by atoms with Crippen LogP contribution in [0.15, 0.2) is 23.1 Å². The summed E-state index contributed by atoms with van der Waals surface area (Å²) in [5, 5.41) is 18.4. The molecule has 0 fully saturated rings. The summed E-state index contributed by atoms with van der Waals surface area (Å²) in [5.74, 6) is 0. The van der Waals surface area contributed by atoms with Crippen molar-refractivity contribution in [3.05, 3.63) is 23.8 Å². The monoisotopic (exact) mass is 274 g/mol. The second-order valence-corrected chi connectivity index (χ2v) is 6.26. The van der Waals surface area contributed by atoms with Gasteiger partial charge in [0, 0.05) is 12.2 Å². The van der Waals surface area contributed by atoms with E-state index < -0.39 is 22.2 Å². The van der Waals surface area contributed by atoms with Gasteiger partial charge in [-0.15, -0.1) is 0 Å². The van der Waals surface area contributed by atoms with E-state index in [1.54, 1.807) is 13.0 Å². The van der Waals surface area contributed by atoms with Crippen molar-refractivity contribution in [3.63, 3.8) is 0 Å². The fourth-order valence-electron chi connectivity index (χ4n) is 1.18. The van der Waals surface area contributed by atoms with Crippen LogP contribution in [-0.4, -0.2) is 37.4 Å². The first kappa shape index (κ1) is 14.9. The summed E-state index contributed by atoms with van der Waals surface area (Å²) >= 11 is 0. The van der Waals surface area contributed by atoms with E-state index in [1.165, 1.54) is 19.1 Å². The summed E-state index contributed by atoms with van der Waals surface area (Å²) in [4.78, 5) is 0.0272. The molecule has 0 saturated heterocycles. The summed E-state index contributed by atoms with van der Waals surface area (Å²) in [5.41, 5.74) is 5.32. The first-order valence-electron chi connectivity index (χ1n) is 5.37. The lowest BCUT2D eigenvalue weighted by molar-refractivity contribution is 0.00681. The van der Waals surface area contributed by atoms with E-state index in [1.807, 2.05) is 0 Å². The van der Waals surface area contributed by atoms with Crippen molar-refractivity contribution >= 4 is 15.7 Å². The van der Waals surface area contributed by atoms with Crippen LogP contribution in [-0.2, 0) is 10.0 Å². The number of rotatable bonds is 5. The van der Waals surface area contributed by atoms with Crippen molar-refractivity contribution in [2.75, 3.05) is 18.9 Å². The zero-order valence-electron chi connectivity index (χ0n) is 10.3. The summed E-state index contributed by atoms with van der Waals surface area (Å²) < 4.78 is 26.0. The molecule has 0 aliphatic heterocycles. The molecule has 1 atom stereocenters. The molecule has 0 aliphatic carbocycles. The fraction of sp³-hybridized carbons (Fsp3) is 0.455. The van der Waals surface area contributed by atoms with Crippen molar-refractivity contribution in [1.29, 1.82) is 0 Å². The molecule has 18 heavy (non-hydrogen) atoms. The molecule has 6 nitrogen and oxygen atoms in total. The largest absolute Gasteiger partial charge is 0.398 e. The molecular weight excluding hydrogens is 256 g/mol. The minimum absolute atomic E-state index is 0.0272. The zero-order chi connectivity index (χ0) is 14.0. The number of hydrogen-bond donors (Lipinski definition) is 4. The van der Waals surface area contributed by atoms with E-state index in [2.05, 4.69) is 4.72 Å². The highest BCUT2D eigenvalue weighted by Crippen LogP contribution is 2.17. The molecule has 0 aliphatic rings. The Balaban J connectivity index is 2.90. The lowest BCUT2D eigenvalue weighted by Gasteiger charge is -2.20. The standard InChI is InChI=1S/C11H18N2O4S/c1-8-3-4-9(5-10(8)12)18(16,17)13-6-11(2,15)7-14/h3-5,13-15H,6-7,12H2,1-2H3. The lowest BCUT2D eigenvalue weighted by Crippen LogP contribution is -2.43. The van der Waals surface area contributed by atoms with Crippen LogP contribution in [0.2, 0.25) is 0 Å². The third-order valence-electron chi connectivity index (χ3n) is 2.54. The van der Waals surface area contributed by atoms with Crippen LogP contribution in [0.3, 0.4) is 0 Å². The maximum Gasteiger partial charge on any atom is 0.240 e. The fourth-order valence-corrected chi connectivity index (χ4v) is 2.37. The van der Waals surface area contributed by atoms with Gasteiger partial charge in [0.2, 0.25) is 10.0 Å². The molecule has 1 rings (SSSR count). The van der Waals surface area contributed by atoms with Gasteiger partial charge in [-0.2, -0.15) is 0 Å². The SMILES string of the molecule is Cc1ccc(S(=O)(=O)NCC(C)(O)CO)cc1N. The number of benzene rings is 1. The van der Waals surface area contributed by atoms with Crippen LogP contribution in [0.5, 0.6) is 0 Å². The number of hydrogen-bond acceptors (Lipinski definition) is 5.